The first kappa shape index (κ1) is 14.4. The smallest absolute Gasteiger partial charge is 0.120 e. The van der Waals surface area contributed by atoms with Crippen LogP contribution in [-0.2, 0) is 6.54 Å². The molecular formula is C16H23BrN2O. The van der Waals surface area contributed by atoms with Crippen molar-refractivity contribution in [1.29, 1.82) is 0 Å². The molecule has 0 spiro atoms. The van der Waals surface area contributed by atoms with Crippen molar-refractivity contribution >= 4 is 15.9 Å². The number of halogens is 1. The molecule has 1 aromatic rings. The number of phenolic OH excluding ortho intramolecular Hbond substituents is 1. The Kier molecular flexibility index (Phi) is 4.34. The van der Waals surface area contributed by atoms with Gasteiger partial charge in [0.15, 0.2) is 0 Å². The van der Waals surface area contributed by atoms with Crippen LogP contribution in [0.2, 0.25) is 0 Å². The molecule has 0 radical (unpaired) electrons. The molecule has 0 saturated carbocycles. The highest BCUT2D eigenvalue weighted by atomic mass is 79.9. The maximum absolute atomic E-state index is 10.0. The Morgan fingerprint density at radius 3 is 2.65 bits per heavy atom. The van der Waals surface area contributed by atoms with E-state index in [4.69, 9.17) is 0 Å². The highest BCUT2D eigenvalue weighted by Crippen LogP contribution is 2.31. The number of hydrogen-bond acceptors (Lipinski definition) is 3. The van der Waals surface area contributed by atoms with Crippen LogP contribution in [0.5, 0.6) is 5.75 Å². The van der Waals surface area contributed by atoms with Gasteiger partial charge in [0.1, 0.15) is 5.75 Å². The van der Waals surface area contributed by atoms with Crippen LogP contribution in [0.1, 0.15) is 38.2 Å². The van der Waals surface area contributed by atoms with Crippen molar-refractivity contribution in [1.82, 2.24) is 10.2 Å². The molecular weight excluding hydrogens is 316 g/mol. The van der Waals surface area contributed by atoms with Crippen molar-refractivity contribution in [2.24, 2.45) is 0 Å². The summed E-state index contributed by atoms with van der Waals surface area (Å²) in [4.78, 5) is 2.52. The summed E-state index contributed by atoms with van der Waals surface area (Å²) < 4.78 is 1.03. The SMILES string of the molecule is CCN(Cc1cc(Br)ccc1O)C1CC2CCC(C1)N2. The zero-order valence-corrected chi connectivity index (χ0v) is 13.6. The van der Waals surface area contributed by atoms with Gasteiger partial charge in [-0.25, -0.2) is 0 Å². The number of hydrogen-bond donors (Lipinski definition) is 2. The van der Waals surface area contributed by atoms with Gasteiger partial charge in [-0.1, -0.05) is 22.9 Å². The lowest BCUT2D eigenvalue weighted by Gasteiger charge is -2.37. The summed E-state index contributed by atoms with van der Waals surface area (Å²) in [6, 6.07) is 7.78. The highest BCUT2D eigenvalue weighted by molar-refractivity contribution is 9.10. The monoisotopic (exact) mass is 338 g/mol. The van der Waals surface area contributed by atoms with Crippen LogP contribution >= 0.6 is 15.9 Å². The number of phenols is 1. The number of aromatic hydroxyl groups is 1. The predicted octanol–water partition coefficient (Wildman–Crippen LogP) is 3.26. The largest absolute Gasteiger partial charge is 0.508 e. The van der Waals surface area contributed by atoms with Crippen molar-refractivity contribution in [3.05, 3.63) is 28.2 Å². The van der Waals surface area contributed by atoms with Gasteiger partial charge in [0.25, 0.3) is 0 Å². The van der Waals surface area contributed by atoms with Crippen molar-refractivity contribution in [3.8, 4) is 5.75 Å². The minimum atomic E-state index is 0.406. The molecule has 0 aromatic heterocycles. The standard InChI is InChI=1S/C16H23BrN2O/c1-2-19(10-11-7-12(17)3-6-16(11)20)15-8-13-4-5-14(9-15)18-13/h3,6-7,13-15,18,20H,2,4-5,8-10H2,1H3. The molecule has 2 heterocycles. The van der Waals surface area contributed by atoms with Crippen molar-refractivity contribution in [3.63, 3.8) is 0 Å². The Labute approximate surface area is 129 Å². The number of nitrogens with zero attached hydrogens (tertiary/aromatic N) is 1. The van der Waals surface area contributed by atoms with Crippen LogP contribution in [0.25, 0.3) is 0 Å². The molecule has 110 valence electrons. The van der Waals surface area contributed by atoms with Crippen LogP contribution in [0.3, 0.4) is 0 Å². The van der Waals surface area contributed by atoms with Gasteiger partial charge in [-0.3, -0.25) is 4.90 Å². The average molecular weight is 339 g/mol. The molecule has 3 rings (SSSR count). The molecule has 0 amide bonds. The summed E-state index contributed by atoms with van der Waals surface area (Å²) in [6.45, 7) is 4.10. The van der Waals surface area contributed by atoms with E-state index >= 15 is 0 Å². The average Bonchev–Trinajstić information content (AvgIpc) is 2.78. The zero-order valence-electron chi connectivity index (χ0n) is 12.0. The van der Waals surface area contributed by atoms with Gasteiger partial charge in [0, 0.05) is 34.7 Å². The number of piperidine rings is 1. The van der Waals surface area contributed by atoms with Crippen LogP contribution in [0.15, 0.2) is 22.7 Å². The Hall–Kier alpha value is -0.580. The minimum Gasteiger partial charge on any atom is -0.508 e. The third-order valence-corrected chi connectivity index (χ3v) is 5.28. The van der Waals surface area contributed by atoms with Gasteiger partial charge in [0.05, 0.1) is 0 Å². The summed E-state index contributed by atoms with van der Waals surface area (Å²) in [5.41, 5.74) is 1.02. The molecule has 2 unspecified atom stereocenters. The maximum Gasteiger partial charge on any atom is 0.120 e. The van der Waals surface area contributed by atoms with Gasteiger partial charge in [-0.15, -0.1) is 0 Å². The molecule has 4 heteroatoms. The van der Waals surface area contributed by atoms with Gasteiger partial charge >= 0.3 is 0 Å². The number of fused-ring (bicyclic) bond motifs is 2. The predicted molar refractivity (Wildman–Crippen MR) is 84.9 cm³/mol. The first-order valence-corrected chi connectivity index (χ1v) is 8.42. The molecule has 2 fully saturated rings. The normalized spacial score (nSPS) is 29.1. The molecule has 2 aliphatic rings. The number of benzene rings is 1. The molecule has 2 saturated heterocycles. The summed E-state index contributed by atoms with van der Waals surface area (Å²) in [5.74, 6) is 0.406. The minimum absolute atomic E-state index is 0.406. The van der Waals surface area contributed by atoms with E-state index in [9.17, 15) is 5.11 Å². The topological polar surface area (TPSA) is 35.5 Å². The van der Waals surface area contributed by atoms with Gasteiger partial charge < -0.3 is 10.4 Å². The lowest BCUT2D eigenvalue weighted by atomic mass is 9.97. The van der Waals surface area contributed by atoms with E-state index < -0.39 is 0 Å². The van der Waals surface area contributed by atoms with E-state index in [-0.39, 0.29) is 0 Å². The second-order valence-corrected chi connectivity index (χ2v) is 7.01. The van der Waals surface area contributed by atoms with E-state index in [1.54, 1.807) is 6.07 Å². The lowest BCUT2D eigenvalue weighted by Crippen LogP contribution is -2.47. The fraction of sp³-hybridized carbons (Fsp3) is 0.625. The van der Waals surface area contributed by atoms with Gasteiger partial charge in [0.2, 0.25) is 0 Å². The van der Waals surface area contributed by atoms with E-state index in [1.807, 2.05) is 12.1 Å². The second-order valence-electron chi connectivity index (χ2n) is 6.10. The van der Waals surface area contributed by atoms with Crippen molar-refractivity contribution in [2.75, 3.05) is 6.54 Å². The van der Waals surface area contributed by atoms with Crippen molar-refractivity contribution < 1.29 is 5.11 Å². The Morgan fingerprint density at radius 1 is 1.30 bits per heavy atom. The number of nitrogens with one attached hydrogen (secondary N) is 1. The van der Waals surface area contributed by atoms with Crippen LogP contribution in [-0.4, -0.2) is 34.7 Å². The molecule has 2 bridgehead atoms. The summed E-state index contributed by atoms with van der Waals surface area (Å²) in [7, 11) is 0. The molecule has 0 aliphatic carbocycles. The second kappa shape index (κ2) is 6.04. The maximum atomic E-state index is 10.0. The van der Waals surface area contributed by atoms with E-state index in [1.165, 1.54) is 25.7 Å². The van der Waals surface area contributed by atoms with Crippen LogP contribution in [0.4, 0.5) is 0 Å². The summed E-state index contributed by atoms with van der Waals surface area (Å²) >= 11 is 3.49. The lowest BCUT2D eigenvalue weighted by molar-refractivity contribution is 0.139. The first-order chi connectivity index (χ1) is 9.65. The molecule has 2 N–H and O–H groups in total. The fourth-order valence-corrected chi connectivity index (χ4v) is 4.13. The number of rotatable bonds is 4. The Bertz CT molecular complexity index is 468. The van der Waals surface area contributed by atoms with Gasteiger partial charge in [-0.2, -0.15) is 0 Å². The molecule has 1 aromatic carbocycles. The van der Waals surface area contributed by atoms with Crippen molar-refractivity contribution in [2.45, 2.75) is 57.3 Å². The fourth-order valence-electron chi connectivity index (χ4n) is 3.72. The van der Waals surface area contributed by atoms with E-state index in [2.05, 4.69) is 33.1 Å². The zero-order chi connectivity index (χ0) is 14.1. The molecule has 2 aliphatic heterocycles. The van der Waals surface area contributed by atoms with Crippen LogP contribution < -0.4 is 5.32 Å². The Morgan fingerprint density at radius 2 is 2.00 bits per heavy atom. The quantitative estimate of drug-likeness (QED) is 0.884. The van der Waals surface area contributed by atoms with E-state index in [0.29, 0.717) is 23.9 Å². The summed E-state index contributed by atoms with van der Waals surface area (Å²) in [5, 5.41) is 13.7. The highest BCUT2D eigenvalue weighted by Gasteiger charge is 2.35. The first-order valence-electron chi connectivity index (χ1n) is 7.63. The molecule has 2 atom stereocenters. The van der Waals surface area contributed by atoms with E-state index in [0.717, 1.165) is 23.1 Å². The van der Waals surface area contributed by atoms with Gasteiger partial charge in [-0.05, 0) is 50.4 Å². The van der Waals surface area contributed by atoms with Crippen LogP contribution in [0, 0.1) is 0 Å². The third-order valence-electron chi connectivity index (χ3n) is 4.79. The Balaban J connectivity index is 1.72. The molecule has 20 heavy (non-hydrogen) atoms. The molecule has 3 nitrogen and oxygen atoms in total. The summed E-state index contributed by atoms with van der Waals surface area (Å²) in [6.07, 6.45) is 5.17. The third kappa shape index (κ3) is 3.02.